The maximum Gasteiger partial charge on any atom is 0.272 e. The Bertz CT molecular complexity index is 833. The monoisotopic (exact) mass is 363 g/mol. The average Bonchev–Trinajstić information content (AvgIpc) is 3.05. The summed E-state index contributed by atoms with van der Waals surface area (Å²) < 4.78 is 26.5. The van der Waals surface area contributed by atoms with E-state index < -0.39 is 10.0 Å². The molecule has 9 heteroatoms. The number of H-pyrrole nitrogens is 1. The molecule has 1 aromatic carbocycles. The Balaban J connectivity index is 1.48. The molecule has 0 fully saturated rings. The van der Waals surface area contributed by atoms with Gasteiger partial charge in [-0.15, -0.1) is 0 Å². The molecule has 3 rings (SSSR count). The van der Waals surface area contributed by atoms with E-state index in [0.717, 1.165) is 29.8 Å². The standard InChI is InChI=1S/C16H21N5O3S/c22-16(15-13-11-17-7-6-14(13)20-21-15)18-8-9-25(23,24)19-10-12-4-2-1-3-5-12/h1-5,17,19H,6-11H2,(H,18,22)(H,20,21). The summed E-state index contributed by atoms with van der Waals surface area (Å²) in [5.74, 6) is -0.546. The molecule has 134 valence electrons. The Labute approximate surface area is 146 Å². The van der Waals surface area contributed by atoms with Gasteiger partial charge in [-0.3, -0.25) is 9.89 Å². The van der Waals surface area contributed by atoms with Crippen LogP contribution in [0.4, 0.5) is 0 Å². The fraction of sp³-hybridized carbons (Fsp3) is 0.375. The molecule has 0 atom stereocenters. The van der Waals surface area contributed by atoms with E-state index in [9.17, 15) is 13.2 Å². The van der Waals surface area contributed by atoms with Crippen molar-refractivity contribution in [2.75, 3.05) is 18.8 Å². The Kier molecular flexibility index (Phi) is 5.47. The van der Waals surface area contributed by atoms with Crippen LogP contribution in [-0.2, 0) is 29.5 Å². The van der Waals surface area contributed by atoms with Crippen LogP contribution in [0.3, 0.4) is 0 Å². The summed E-state index contributed by atoms with van der Waals surface area (Å²) in [6.45, 7) is 1.70. The predicted molar refractivity (Wildman–Crippen MR) is 93.4 cm³/mol. The van der Waals surface area contributed by atoms with Crippen LogP contribution in [0.15, 0.2) is 30.3 Å². The van der Waals surface area contributed by atoms with Crippen molar-refractivity contribution in [1.29, 1.82) is 0 Å². The molecule has 8 nitrogen and oxygen atoms in total. The predicted octanol–water partition coefficient (Wildman–Crippen LogP) is -0.0952. The SMILES string of the molecule is O=C(NCCS(=O)(=O)NCc1ccccc1)c1n[nH]c2c1CNCC2. The van der Waals surface area contributed by atoms with Gasteiger partial charge in [0.25, 0.3) is 5.91 Å². The van der Waals surface area contributed by atoms with Gasteiger partial charge in [0, 0.05) is 43.9 Å². The van der Waals surface area contributed by atoms with Crippen molar-refractivity contribution in [1.82, 2.24) is 25.6 Å². The molecular formula is C16H21N5O3S. The van der Waals surface area contributed by atoms with Crippen LogP contribution >= 0.6 is 0 Å². The third kappa shape index (κ3) is 4.65. The lowest BCUT2D eigenvalue weighted by Gasteiger charge is -2.13. The van der Waals surface area contributed by atoms with E-state index in [0.29, 0.717) is 12.2 Å². The van der Waals surface area contributed by atoms with Crippen LogP contribution in [0, 0.1) is 0 Å². The molecule has 1 aliphatic rings. The lowest BCUT2D eigenvalue weighted by atomic mass is 10.1. The minimum Gasteiger partial charge on any atom is -0.350 e. The average molecular weight is 363 g/mol. The quantitative estimate of drug-likeness (QED) is 0.548. The summed E-state index contributed by atoms with van der Waals surface area (Å²) in [4.78, 5) is 12.2. The van der Waals surface area contributed by atoms with E-state index >= 15 is 0 Å². The molecule has 4 N–H and O–H groups in total. The van der Waals surface area contributed by atoms with Crippen molar-refractivity contribution < 1.29 is 13.2 Å². The first-order valence-corrected chi connectivity index (χ1v) is 9.77. The molecule has 0 unspecified atom stereocenters. The van der Waals surface area contributed by atoms with Gasteiger partial charge in [-0.1, -0.05) is 30.3 Å². The van der Waals surface area contributed by atoms with Gasteiger partial charge < -0.3 is 10.6 Å². The number of amides is 1. The highest BCUT2D eigenvalue weighted by Crippen LogP contribution is 2.14. The zero-order valence-corrected chi connectivity index (χ0v) is 14.5. The maximum absolute atomic E-state index is 12.2. The lowest BCUT2D eigenvalue weighted by molar-refractivity contribution is 0.0950. The highest BCUT2D eigenvalue weighted by Gasteiger charge is 2.21. The van der Waals surface area contributed by atoms with Gasteiger partial charge in [0.2, 0.25) is 10.0 Å². The second kappa shape index (κ2) is 7.77. The van der Waals surface area contributed by atoms with Gasteiger partial charge in [0.1, 0.15) is 0 Å². The zero-order valence-electron chi connectivity index (χ0n) is 13.7. The lowest BCUT2D eigenvalue weighted by Crippen LogP contribution is -2.35. The third-order valence-corrected chi connectivity index (χ3v) is 5.34. The Morgan fingerprint density at radius 3 is 2.84 bits per heavy atom. The Morgan fingerprint density at radius 1 is 1.24 bits per heavy atom. The van der Waals surface area contributed by atoms with E-state index in [1.807, 2.05) is 30.3 Å². The fourth-order valence-corrected chi connectivity index (χ4v) is 3.56. The molecule has 0 saturated heterocycles. The van der Waals surface area contributed by atoms with Crippen molar-refractivity contribution in [3.05, 3.63) is 52.8 Å². The second-order valence-electron chi connectivity index (χ2n) is 5.84. The summed E-state index contributed by atoms with van der Waals surface area (Å²) in [5, 5.41) is 12.7. The molecule has 1 amide bonds. The van der Waals surface area contributed by atoms with Crippen molar-refractivity contribution >= 4 is 15.9 Å². The number of hydrogen-bond acceptors (Lipinski definition) is 5. The van der Waals surface area contributed by atoms with Crippen molar-refractivity contribution in [2.45, 2.75) is 19.5 Å². The summed E-state index contributed by atoms with van der Waals surface area (Å²) in [6.07, 6.45) is 0.799. The van der Waals surface area contributed by atoms with Crippen molar-refractivity contribution in [2.24, 2.45) is 0 Å². The minimum absolute atomic E-state index is 0.0258. The van der Waals surface area contributed by atoms with Gasteiger partial charge in [-0.25, -0.2) is 13.1 Å². The van der Waals surface area contributed by atoms with Crippen LogP contribution in [0.25, 0.3) is 0 Å². The van der Waals surface area contributed by atoms with Gasteiger partial charge in [-0.05, 0) is 5.56 Å². The third-order valence-electron chi connectivity index (χ3n) is 4.02. The number of benzene rings is 1. The second-order valence-corrected chi connectivity index (χ2v) is 7.76. The van der Waals surface area contributed by atoms with Crippen LogP contribution in [0.5, 0.6) is 0 Å². The highest BCUT2D eigenvalue weighted by molar-refractivity contribution is 7.89. The van der Waals surface area contributed by atoms with Crippen LogP contribution in [0.1, 0.15) is 27.3 Å². The number of rotatable bonds is 7. The van der Waals surface area contributed by atoms with E-state index in [4.69, 9.17) is 0 Å². The molecule has 0 bridgehead atoms. The minimum atomic E-state index is -3.47. The number of hydrogen-bond donors (Lipinski definition) is 4. The maximum atomic E-state index is 12.2. The summed E-state index contributed by atoms with van der Waals surface area (Å²) >= 11 is 0. The van der Waals surface area contributed by atoms with E-state index in [-0.39, 0.29) is 24.7 Å². The number of nitrogens with zero attached hydrogens (tertiary/aromatic N) is 1. The summed E-state index contributed by atoms with van der Waals surface area (Å²) in [5.41, 5.74) is 3.03. The van der Waals surface area contributed by atoms with Crippen molar-refractivity contribution in [3.63, 3.8) is 0 Å². The molecule has 0 radical (unpaired) electrons. The topological polar surface area (TPSA) is 116 Å². The molecule has 2 heterocycles. The highest BCUT2D eigenvalue weighted by atomic mass is 32.2. The van der Waals surface area contributed by atoms with E-state index in [1.54, 1.807) is 0 Å². The first-order valence-electron chi connectivity index (χ1n) is 8.11. The van der Waals surface area contributed by atoms with Crippen LogP contribution in [0.2, 0.25) is 0 Å². The van der Waals surface area contributed by atoms with Gasteiger partial charge in [0.05, 0.1) is 5.75 Å². The smallest absolute Gasteiger partial charge is 0.272 e. The molecule has 0 aliphatic carbocycles. The largest absolute Gasteiger partial charge is 0.350 e. The normalized spacial score (nSPS) is 14.1. The van der Waals surface area contributed by atoms with Crippen LogP contribution < -0.4 is 15.4 Å². The summed E-state index contributed by atoms with van der Waals surface area (Å²) in [7, 11) is -3.47. The first kappa shape index (κ1) is 17.6. The first-order chi connectivity index (χ1) is 12.1. The van der Waals surface area contributed by atoms with E-state index in [1.165, 1.54) is 0 Å². The Hall–Kier alpha value is -2.23. The Morgan fingerprint density at radius 2 is 2.04 bits per heavy atom. The molecule has 0 spiro atoms. The number of carbonyl (C=O) groups excluding carboxylic acids is 1. The number of aromatic nitrogens is 2. The molecule has 1 aliphatic heterocycles. The number of aromatic amines is 1. The van der Waals surface area contributed by atoms with Gasteiger partial charge in [-0.2, -0.15) is 5.10 Å². The van der Waals surface area contributed by atoms with Crippen LogP contribution in [-0.4, -0.2) is 43.4 Å². The number of carbonyl (C=O) groups is 1. The van der Waals surface area contributed by atoms with Gasteiger partial charge in [0.15, 0.2) is 5.69 Å². The number of fused-ring (bicyclic) bond motifs is 1. The summed E-state index contributed by atoms with van der Waals surface area (Å²) in [6, 6.07) is 9.27. The molecule has 2 aromatic rings. The fourth-order valence-electron chi connectivity index (χ4n) is 2.66. The molecule has 1 aromatic heterocycles. The number of sulfonamides is 1. The van der Waals surface area contributed by atoms with Gasteiger partial charge >= 0.3 is 0 Å². The zero-order chi connectivity index (χ0) is 17.7. The molecular weight excluding hydrogens is 342 g/mol. The van der Waals surface area contributed by atoms with Crippen molar-refractivity contribution in [3.8, 4) is 0 Å². The number of nitrogens with one attached hydrogen (secondary N) is 4. The molecule has 0 saturated carbocycles. The van der Waals surface area contributed by atoms with E-state index in [2.05, 4.69) is 25.6 Å². The molecule has 25 heavy (non-hydrogen) atoms.